The number of halogens is 2. The molecule has 1 rings (SSSR count). The Kier molecular flexibility index (Phi) is 3.88. The van der Waals surface area contributed by atoms with Gasteiger partial charge in [-0.2, -0.15) is 0 Å². The summed E-state index contributed by atoms with van der Waals surface area (Å²) < 4.78 is 13.1. The molecule has 0 amide bonds. The van der Waals surface area contributed by atoms with Crippen molar-refractivity contribution in [3.63, 3.8) is 0 Å². The van der Waals surface area contributed by atoms with E-state index in [1.54, 1.807) is 0 Å². The van der Waals surface area contributed by atoms with Crippen molar-refractivity contribution in [2.75, 3.05) is 6.67 Å². The Bertz CT molecular complexity index is 288. The van der Waals surface area contributed by atoms with Crippen LogP contribution in [0.3, 0.4) is 0 Å². The smallest absolute Gasteiger partial charge is 0.0912 e. The van der Waals surface area contributed by atoms with E-state index in [-0.39, 0.29) is 12.7 Å². The van der Waals surface area contributed by atoms with E-state index in [4.69, 9.17) is 5.73 Å². The molecule has 0 saturated carbocycles. The first-order chi connectivity index (χ1) is 6.15. The first-order valence-corrected chi connectivity index (χ1v) is 5.02. The molecule has 0 saturated heterocycles. The molecule has 2 N–H and O–H groups in total. The number of alkyl halides is 1. The van der Waals surface area contributed by atoms with Gasteiger partial charge in [-0.25, -0.2) is 0 Å². The fourth-order valence-electron chi connectivity index (χ4n) is 1.28. The van der Waals surface area contributed by atoms with Crippen LogP contribution in [0, 0.1) is 6.92 Å². The average Bonchev–Trinajstić information content (AvgIpc) is 2.09. The van der Waals surface area contributed by atoms with Crippen molar-refractivity contribution in [2.45, 2.75) is 19.4 Å². The Morgan fingerprint density at radius 1 is 1.54 bits per heavy atom. The third-order valence-corrected chi connectivity index (χ3v) is 2.55. The molecule has 72 valence electrons. The molecule has 3 heteroatoms. The van der Waals surface area contributed by atoms with Gasteiger partial charge < -0.3 is 5.73 Å². The minimum absolute atomic E-state index is 0.192. The van der Waals surface area contributed by atoms with Crippen LogP contribution in [0.25, 0.3) is 0 Å². The van der Waals surface area contributed by atoms with Gasteiger partial charge in [0.1, 0.15) is 0 Å². The summed E-state index contributed by atoms with van der Waals surface area (Å²) in [6, 6.07) is 5.70. The second-order valence-electron chi connectivity index (χ2n) is 3.09. The van der Waals surface area contributed by atoms with Gasteiger partial charge in [0, 0.05) is 10.5 Å². The zero-order chi connectivity index (χ0) is 9.84. The summed E-state index contributed by atoms with van der Waals surface area (Å²) in [6.45, 7) is 1.62. The Morgan fingerprint density at radius 2 is 2.23 bits per heavy atom. The van der Waals surface area contributed by atoms with Crippen molar-refractivity contribution < 1.29 is 4.39 Å². The third kappa shape index (κ3) is 2.78. The van der Waals surface area contributed by atoms with E-state index in [0.29, 0.717) is 6.42 Å². The molecule has 1 nitrogen and oxygen atoms in total. The molecule has 1 aromatic rings. The van der Waals surface area contributed by atoms with E-state index in [9.17, 15) is 4.39 Å². The summed E-state index contributed by atoms with van der Waals surface area (Å²) in [4.78, 5) is 0. The summed E-state index contributed by atoms with van der Waals surface area (Å²) in [5, 5.41) is 0. The van der Waals surface area contributed by atoms with Crippen LogP contribution >= 0.6 is 15.9 Å². The first kappa shape index (κ1) is 10.7. The maximum absolute atomic E-state index is 12.1. The van der Waals surface area contributed by atoms with E-state index < -0.39 is 0 Å². The van der Waals surface area contributed by atoms with Gasteiger partial charge in [-0.05, 0) is 36.6 Å². The Labute approximate surface area is 86.3 Å². The topological polar surface area (TPSA) is 26.0 Å². The quantitative estimate of drug-likeness (QED) is 0.871. The maximum Gasteiger partial charge on any atom is 0.0912 e. The lowest BCUT2D eigenvalue weighted by Gasteiger charge is -2.13. The summed E-state index contributed by atoms with van der Waals surface area (Å²) in [7, 11) is 0. The molecule has 0 radical (unpaired) electrons. The summed E-state index contributed by atoms with van der Waals surface area (Å²) in [5.41, 5.74) is 7.95. The van der Waals surface area contributed by atoms with Crippen LogP contribution in [0.4, 0.5) is 4.39 Å². The van der Waals surface area contributed by atoms with E-state index in [0.717, 1.165) is 15.6 Å². The highest BCUT2D eigenvalue weighted by Gasteiger charge is 2.08. The van der Waals surface area contributed by atoms with Crippen LogP contribution in [0.2, 0.25) is 0 Å². The van der Waals surface area contributed by atoms with E-state index in [1.165, 1.54) is 0 Å². The van der Waals surface area contributed by atoms with Crippen LogP contribution in [0.1, 0.15) is 23.6 Å². The van der Waals surface area contributed by atoms with Gasteiger partial charge in [0.05, 0.1) is 6.67 Å². The lowest BCUT2D eigenvalue weighted by atomic mass is 10.0. The highest BCUT2D eigenvalue weighted by Crippen LogP contribution is 2.22. The molecule has 0 aliphatic heterocycles. The van der Waals surface area contributed by atoms with Gasteiger partial charge >= 0.3 is 0 Å². The van der Waals surface area contributed by atoms with Crippen molar-refractivity contribution in [1.29, 1.82) is 0 Å². The Morgan fingerprint density at radius 3 is 2.85 bits per heavy atom. The summed E-state index contributed by atoms with van der Waals surface area (Å²) >= 11 is 3.37. The minimum Gasteiger partial charge on any atom is -0.324 e. The molecule has 0 bridgehead atoms. The molecule has 1 aromatic carbocycles. The fourth-order valence-corrected chi connectivity index (χ4v) is 1.66. The Balaban J connectivity index is 2.91. The zero-order valence-corrected chi connectivity index (χ0v) is 9.14. The summed E-state index contributed by atoms with van der Waals surface area (Å²) in [6.07, 6.45) is 0.386. The maximum atomic E-state index is 12.1. The van der Waals surface area contributed by atoms with Crippen LogP contribution in [-0.2, 0) is 0 Å². The number of hydrogen-bond acceptors (Lipinski definition) is 1. The summed E-state index contributed by atoms with van der Waals surface area (Å²) in [5.74, 6) is 0. The van der Waals surface area contributed by atoms with Crippen molar-refractivity contribution in [1.82, 2.24) is 0 Å². The largest absolute Gasteiger partial charge is 0.324 e. The number of aryl methyl sites for hydroxylation is 1. The molecule has 0 aromatic heterocycles. The Hall–Kier alpha value is -0.410. The van der Waals surface area contributed by atoms with Gasteiger partial charge in [0.25, 0.3) is 0 Å². The van der Waals surface area contributed by atoms with Crippen LogP contribution in [0.5, 0.6) is 0 Å². The number of rotatable bonds is 3. The van der Waals surface area contributed by atoms with Crippen molar-refractivity contribution >= 4 is 15.9 Å². The third-order valence-electron chi connectivity index (χ3n) is 2.06. The normalized spacial score (nSPS) is 12.9. The van der Waals surface area contributed by atoms with Gasteiger partial charge in [0.2, 0.25) is 0 Å². The second kappa shape index (κ2) is 4.72. The minimum atomic E-state index is -0.368. The molecule has 0 heterocycles. The molecular weight excluding hydrogens is 233 g/mol. The van der Waals surface area contributed by atoms with Gasteiger partial charge in [0.15, 0.2) is 0 Å². The van der Waals surface area contributed by atoms with Crippen LogP contribution < -0.4 is 5.73 Å². The molecule has 13 heavy (non-hydrogen) atoms. The lowest BCUT2D eigenvalue weighted by Crippen LogP contribution is -2.12. The predicted octanol–water partition coefficient (Wildman–Crippen LogP) is 3.12. The molecular formula is C10H13BrFN. The highest BCUT2D eigenvalue weighted by atomic mass is 79.9. The van der Waals surface area contributed by atoms with Crippen LogP contribution in [-0.4, -0.2) is 6.67 Å². The average molecular weight is 246 g/mol. The van der Waals surface area contributed by atoms with Crippen molar-refractivity contribution in [3.05, 3.63) is 33.8 Å². The number of nitrogens with two attached hydrogens (primary N) is 1. The molecule has 1 atom stereocenters. The van der Waals surface area contributed by atoms with Gasteiger partial charge in [-0.15, -0.1) is 0 Å². The number of benzene rings is 1. The standard InChI is InChI=1S/C10H13BrFN/c1-7-2-3-8(11)6-9(7)10(13)4-5-12/h2-3,6,10H,4-5,13H2,1H3/t10-/m0/s1. The molecule has 0 spiro atoms. The van der Waals surface area contributed by atoms with E-state index in [1.807, 2.05) is 25.1 Å². The molecule has 0 aliphatic rings. The van der Waals surface area contributed by atoms with Gasteiger partial charge in [-0.1, -0.05) is 22.0 Å². The highest BCUT2D eigenvalue weighted by molar-refractivity contribution is 9.10. The zero-order valence-electron chi connectivity index (χ0n) is 7.56. The van der Waals surface area contributed by atoms with E-state index in [2.05, 4.69) is 15.9 Å². The molecule has 0 fully saturated rings. The van der Waals surface area contributed by atoms with E-state index >= 15 is 0 Å². The fraction of sp³-hybridized carbons (Fsp3) is 0.400. The molecule has 0 unspecified atom stereocenters. The first-order valence-electron chi connectivity index (χ1n) is 4.22. The predicted molar refractivity (Wildman–Crippen MR) is 56.4 cm³/mol. The van der Waals surface area contributed by atoms with Crippen LogP contribution in [0.15, 0.2) is 22.7 Å². The van der Waals surface area contributed by atoms with Crippen molar-refractivity contribution in [3.8, 4) is 0 Å². The monoisotopic (exact) mass is 245 g/mol. The number of hydrogen-bond donors (Lipinski definition) is 1. The van der Waals surface area contributed by atoms with Gasteiger partial charge in [-0.3, -0.25) is 4.39 Å². The SMILES string of the molecule is Cc1ccc(Br)cc1[C@@H](N)CCF. The van der Waals surface area contributed by atoms with Crippen molar-refractivity contribution in [2.24, 2.45) is 5.73 Å². The second-order valence-corrected chi connectivity index (χ2v) is 4.00. The molecule has 0 aliphatic carbocycles. The lowest BCUT2D eigenvalue weighted by molar-refractivity contribution is 0.441.